The van der Waals surface area contributed by atoms with Gasteiger partial charge in [0.15, 0.2) is 0 Å². The maximum atomic E-state index is 6.41. The largest absolute Gasteiger partial charge is 0.324 e. The van der Waals surface area contributed by atoms with E-state index < -0.39 is 0 Å². The summed E-state index contributed by atoms with van der Waals surface area (Å²) in [6.45, 7) is 6.64. The van der Waals surface area contributed by atoms with E-state index in [1.165, 1.54) is 5.57 Å². The lowest BCUT2D eigenvalue weighted by molar-refractivity contribution is 0.299. The molecular formula is C15H24ClN3. The van der Waals surface area contributed by atoms with E-state index >= 15 is 0 Å². The Morgan fingerprint density at radius 1 is 1.53 bits per heavy atom. The molecule has 3 nitrogen and oxygen atoms in total. The number of rotatable bonds is 3. The molecule has 2 rings (SSSR count). The summed E-state index contributed by atoms with van der Waals surface area (Å²) in [5.74, 6) is 0. The van der Waals surface area contributed by atoms with Crippen LogP contribution in [0.2, 0.25) is 5.02 Å². The lowest BCUT2D eigenvalue weighted by Crippen LogP contribution is -2.31. The minimum Gasteiger partial charge on any atom is -0.324 e. The first-order valence-electron chi connectivity index (χ1n) is 6.98. The van der Waals surface area contributed by atoms with Crippen molar-refractivity contribution >= 4 is 11.6 Å². The zero-order chi connectivity index (χ0) is 14.2. The van der Waals surface area contributed by atoms with Crippen LogP contribution in [0.25, 0.3) is 0 Å². The van der Waals surface area contributed by atoms with Crippen molar-refractivity contribution in [3.63, 3.8) is 0 Å². The van der Waals surface area contributed by atoms with Gasteiger partial charge in [0.05, 0.1) is 16.4 Å². The average Bonchev–Trinajstić information content (AvgIpc) is 2.53. The summed E-state index contributed by atoms with van der Waals surface area (Å²) in [5, 5.41) is 5.30. The third-order valence-electron chi connectivity index (χ3n) is 3.84. The standard InChI is InChI=1S/C15H24ClN3/c1-5-12-14(16)13(19(4)18-12)7-10-6-11(17)9-15(2,3)8-10/h6,11H,5,7-9,17H2,1-4H3. The molecule has 0 fully saturated rings. The molecule has 0 saturated heterocycles. The second kappa shape index (κ2) is 5.29. The molecule has 0 aliphatic heterocycles. The number of hydrogen-bond donors (Lipinski definition) is 1. The molecule has 1 atom stereocenters. The van der Waals surface area contributed by atoms with Crippen molar-refractivity contribution in [1.29, 1.82) is 0 Å². The van der Waals surface area contributed by atoms with E-state index in [2.05, 4.69) is 31.9 Å². The zero-order valence-corrected chi connectivity index (χ0v) is 13.1. The molecular weight excluding hydrogens is 258 g/mol. The van der Waals surface area contributed by atoms with Crippen molar-refractivity contribution in [2.24, 2.45) is 18.2 Å². The van der Waals surface area contributed by atoms with Gasteiger partial charge in [0.25, 0.3) is 0 Å². The summed E-state index contributed by atoms with van der Waals surface area (Å²) >= 11 is 6.41. The van der Waals surface area contributed by atoms with E-state index in [1.807, 2.05) is 11.7 Å². The van der Waals surface area contributed by atoms with Crippen molar-refractivity contribution in [2.45, 2.75) is 52.5 Å². The van der Waals surface area contributed by atoms with E-state index in [4.69, 9.17) is 17.3 Å². The molecule has 19 heavy (non-hydrogen) atoms. The van der Waals surface area contributed by atoms with E-state index in [9.17, 15) is 0 Å². The Labute approximate surface area is 120 Å². The summed E-state index contributed by atoms with van der Waals surface area (Å²) < 4.78 is 1.91. The highest BCUT2D eigenvalue weighted by molar-refractivity contribution is 6.31. The lowest BCUT2D eigenvalue weighted by Gasteiger charge is -2.33. The van der Waals surface area contributed by atoms with Crippen LogP contribution >= 0.6 is 11.6 Å². The second-order valence-electron chi connectivity index (χ2n) is 6.40. The second-order valence-corrected chi connectivity index (χ2v) is 6.77. The van der Waals surface area contributed by atoms with Crippen molar-refractivity contribution in [3.8, 4) is 0 Å². The van der Waals surface area contributed by atoms with E-state index in [-0.39, 0.29) is 11.5 Å². The number of nitrogens with two attached hydrogens (primary N) is 1. The average molecular weight is 282 g/mol. The van der Waals surface area contributed by atoms with Gasteiger partial charge in [-0.1, -0.05) is 44.0 Å². The minimum absolute atomic E-state index is 0.163. The Balaban J connectivity index is 2.24. The molecule has 0 bridgehead atoms. The van der Waals surface area contributed by atoms with Gasteiger partial charge >= 0.3 is 0 Å². The van der Waals surface area contributed by atoms with Crippen LogP contribution in [0, 0.1) is 5.41 Å². The van der Waals surface area contributed by atoms with Crippen LogP contribution < -0.4 is 5.73 Å². The highest BCUT2D eigenvalue weighted by atomic mass is 35.5. The SMILES string of the molecule is CCc1nn(C)c(CC2=CC(N)CC(C)(C)C2)c1Cl. The van der Waals surface area contributed by atoms with Gasteiger partial charge in [-0.25, -0.2) is 0 Å². The molecule has 0 radical (unpaired) electrons. The summed E-state index contributed by atoms with van der Waals surface area (Å²) in [6, 6.07) is 0.163. The number of aryl methyl sites for hydroxylation is 2. The van der Waals surface area contributed by atoms with Gasteiger partial charge in [-0.15, -0.1) is 0 Å². The minimum atomic E-state index is 0.163. The van der Waals surface area contributed by atoms with Crippen molar-refractivity contribution < 1.29 is 0 Å². The molecule has 1 aliphatic rings. The Morgan fingerprint density at radius 2 is 2.21 bits per heavy atom. The molecule has 106 valence electrons. The molecule has 0 spiro atoms. The smallest absolute Gasteiger partial charge is 0.0853 e. The molecule has 0 amide bonds. The van der Waals surface area contributed by atoms with Gasteiger partial charge in [0, 0.05) is 19.5 Å². The number of halogens is 1. The van der Waals surface area contributed by atoms with Crippen LogP contribution in [0.1, 0.15) is 45.0 Å². The molecule has 1 unspecified atom stereocenters. The maximum absolute atomic E-state index is 6.41. The maximum Gasteiger partial charge on any atom is 0.0853 e. The van der Waals surface area contributed by atoms with Crippen LogP contribution in [-0.4, -0.2) is 15.8 Å². The fourth-order valence-corrected chi connectivity index (χ4v) is 3.45. The Kier molecular flexibility index (Phi) is 4.07. The van der Waals surface area contributed by atoms with Crippen molar-refractivity contribution in [2.75, 3.05) is 0 Å². The third kappa shape index (κ3) is 3.21. The fraction of sp³-hybridized carbons (Fsp3) is 0.667. The van der Waals surface area contributed by atoms with Crippen LogP contribution in [0.15, 0.2) is 11.6 Å². The Bertz CT molecular complexity index is 500. The fourth-order valence-electron chi connectivity index (χ4n) is 3.09. The number of aromatic nitrogens is 2. The van der Waals surface area contributed by atoms with Crippen LogP contribution in [-0.2, 0) is 19.9 Å². The number of nitrogens with zero attached hydrogens (tertiary/aromatic N) is 2. The molecule has 2 N–H and O–H groups in total. The first kappa shape index (κ1) is 14.6. The summed E-state index contributed by atoms with van der Waals surface area (Å²) in [6.07, 6.45) is 6.08. The van der Waals surface area contributed by atoms with Crippen molar-refractivity contribution in [1.82, 2.24) is 9.78 Å². The van der Waals surface area contributed by atoms with Gasteiger partial charge in [-0.3, -0.25) is 4.68 Å². The predicted molar refractivity (Wildman–Crippen MR) is 80.4 cm³/mol. The molecule has 1 aromatic rings. The molecule has 1 aliphatic carbocycles. The summed E-state index contributed by atoms with van der Waals surface area (Å²) in [7, 11) is 1.97. The van der Waals surface area contributed by atoms with E-state index in [0.717, 1.165) is 42.1 Å². The van der Waals surface area contributed by atoms with Gasteiger partial charge in [-0.05, 0) is 24.7 Å². The normalized spacial score (nSPS) is 22.4. The van der Waals surface area contributed by atoms with Crippen LogP contribution in [0.3, 0.4) is 0 Å². The number of allylic oxidation sites excluding steroid dienone is 1. The highest BCUT2D eigenvalue weighted by Crippen LogP contribution is 2.36. The quantitative estimate of drug-likeness (QED) is 0.865. The van der Waals surface area contributed by atoms with Crippen LogP contribution in [0.5, 0.6) is 0 Å². The lowest BCUT2D eigenvalue weighted by atomic mass is 9.74. The topological polar surface area (TPSA) is 43.8 Å². The highest BCUT2D eigenvalue weighted by Gasteiger charge is 2.27. The third-order valence-corrected chi connectivity index (χ3v) is 4.28. The predicted octanol–water partition coefficient (Wildman–Crippen LogP) is 3.25. The van der Waals surface area contributed by atoms with Crippen molar-refractivity contribution in [3.05, 3.63) is 28.1 Å². The van der Waals surface area contributed by atoms with E-state index in [1.54, 1.807) is 0 Å². The van der Waals surface area contributed by atoms with Crippen LogP contribution in [0.4, 0.5) is 0 Å². The van der Waals surface area contributed by atoms with Gasteiger partial charge in [0.1, 0.15) is 0 Å². The summed E-state index contributed by atoms with van der Waals surface area (Å²) in [4.78, 5) is 0. The molecule has 0 saturated carbocycles. The Morgan fingerprint density at radius 3 is 2.74 bits per heavy atom. The van der Waals surface area contributed by atoms with E-state index in [0.29, 0.717) is 0 Å². The molecule has 0 aromatic carbocycles. The van der Waals surface area contributed by atoms with Gasteiger partial charge < -0.3 is 5.73 Å². The summed E-state index contributed by atoms with van der Waals surface area (Å²) in [5.41, 5.74) is 9.89. The molecule has 4 heteroatoms. The first-order chi connectivity index (χ1) is 8.82. The molecule has 1 heterocycles. The Hall–Kier alpha value is -0.800. The molecule has 1 aromatic heterocycles. The monoisotopic (exact) mass is 281 g/mol. The first-order valence-corrected chi connectivity index (χ1v) is 7.35. The zero-order valence-electron chi connectivity index (χ0n) is 12.3. The number of hydrogen-bond acceptors (Lipinski definition) is 2. The van der Waals surface area contributed by atoms with Gasteiger partial charge in [-0.2, -0.15) is 5.10 Å². The van der Waals surface area contributed by atoms with Gasteiger partial charge in [0.2, 0.25) is 0 Å².